The van der Waals surface area contributed by atoms with Crippen molar-refractivity contribution in [2.24, 2.45) is 10.8 Å². The predicted octanol–water partition coefficient (Wildman–Crippen LogP) is 12.0. The quantitative estimate of drug-likeness (QED) is 0.0245. The Morgan fingerprint density at radius 3 is 0.569 bits per heavy atom. The normalized spacial score (nSPS) is 11.5. The second-order valence-electron chi connectivity index (χ2n) is 16.5. The molecule has 0 unspecified atom stereocenters. The number of ether oxygens (including phenoxy) is 7. The molecule has 0 heterocycles. The number of hydrogen-bond acceptors (Lipinski definition) is 13. The maximum absolute atomic E-state index is 13.1. The Bertz CT molecular complexity index is 1030. The SMILES string of the molecule is O=C(CCCCCBr)OCC(COCC(COC(=O)CCCCCBr)(COC(=O)CCCCCBr)COC(=O)CCCCCBr)(COC(=O)CCCCCBr)COC(=O)CCCCCBr. The van der Waals surface area contributed by atoms with E-state index < -0.39 is 46.6 Å². The molecule has 0 radical (unpaired) electrons. The lowest BCUT2D eigenvalue weighted by Crippen LogP contribution is -2.47. The van der Waals surface area contributed by atoms with Gasteiger partial charge in [-0.3, -0.25) is 28.8 Å². The zero-order valence-corrected chi connectivity index (χ0v) is 48.0. The van der Waals surface area contributed by atoms with E-state index in [4.69, 9.17) is 33.2 Å². The van der Waals surface area contributed by atoms with Crippen molar-refractivity contribution in [2.45, 2.75) is 154 Å². The van der Waals surface area contributed by atoms with E-state index in [2.05, 4.69) is 95.6 Å². The van der Waals surface area contributed by atoms with Crippen LogP contribution in [0.5, 0.6) is 0 Å². The van der Waals surface area contributed by atoms with Crippen molar-refractivity contribution in [3.63, 3.8) is 0 Å². The van der Waals surface area contributed by atoms with Gasteiger partial charge in [-0.15, -0.1) is 0 Å². The van der Waals surface area contributed by atoms with Crippen molar-refractivity contribution < 1.29 is 61.9 Å². The van der Waals surface area contributed by atoms with Crippen LogP contribution in [0, 0.1) is 10.8 Å². The van der Waals surface area contributed by atoms with Crippen molar-refractivity contribution in [1.29, 1.82) is 0 Å². The molecule has 0 aliphatic carbocycles. The third-order valence-corrected chi connectivity index (χ3v) is 13.5. The van der Waals surface area contributed by atoms with Crippen LogP contribution < -0.4 is 0 Å². The third-order valence-electron chi connectivity index (χ3n) is 10.1. The standard InChI is InChI=1S/C46H76Br6O13/c47-25-13-1-7-19-39(53)60-33-45(34-61-40(54)20-8-2-14-26-48,35-62-41(55)21-9-3-15-27-49)31-59-32-46(36-63-42(56)22-10-4-16-28-50,37-64-43(57)23-11-5-17-29-51)38-65-44(58)24-12-6-18-30-52/h1-38H2. The molecule has 0 bridgehead atoms. The van der Waals surface area contributed by atoms with Gasteiger partial charge in [-0.05, 0) is 77.0 Å². The molecule has 0 aliphatic rings. The van der Waals surface area contributed by atoms with Crippen molar-refractivity contribution >= 4 is 131 Å². The highest BCUT2D eigenvalue weighted by Crippen LogP contribution is 2.27. The summed E-state index contributed by atoms with van der Waals surface area (Å²) in [5.41, 5.74) is -2.73. The molecular weight excluding hydrogens is 1240 g/mol. The van der Waals surface area contributed by atoms with Crippen LogP contribution in [0.15, 0.2) is 0 Å². The minimum absolute atomic E-state index is 0.165. The van der Waals surface area contributed by atoms with Crippen LogP contribution >= 0.6 is 95.6 Å². The zero-order valence-electron chi connectivity index (χ0n) is 38.4. The number of halogens is 6. The first-order valence-electron chi connectivity index (χ1n) is 23.3. The largest absolute Gasteiger partial charge is 0.465 e. The second kappa shape index (κ2) is 44.8. The summed E-state index contributed by atoms with van der Waals surface area (Å²) in [6.07, 6.45) is 15.0. The van der Waals surface area contributed by atoms with E-state index in [9.17, 15) is 28.8 Å². The maximum Gasteiger partial charge on any atom is 0.305 e. The molecule has 0 saturated heterocycles. The Kier molecular flexibility index (Phi) is 44.6. The van der Waals surface area contributed by atoms with Gasteiger partial charge in [-0.2, -0.15) is 0 Å². The highest BCUT2D eigenvalue weighted by atomic mass is 79.9. The summed E-state index contributed by atoms with van der Waals surface area (Å²) in [4.78, 5) is 78.6. The molecule has 19 heteroatoms. The van der Waals surface area contributed by atoms with E-state index in [-0.39, 0.29) is 91.4 Å². The average molecular weight is 1320 g/mol. The zero-order chi connectivity index (χ0) is 48.3. The first-order valence-corrected chi connectivity index (χ1v) is 30.0. The fraction of sp³-hybridized carbons (Fsp3) is 0.870. The Balaban J connectivity index is 6.86. The van der Waals surface area contributed by atoms with E-state index in [0.29, 0.717) is 38.5 Å². The monoisotopic (exact) mass is 1310 g/mol. The van der Waals surface area contributed by atoms with Gasteiger partial charge >= 0.3 is 35.8 Å². The molecule has 0 aromatic rings. The minimum atomic E-state index is -1.36. The molecule has 0 amide bonds. The van der Waals surface area contributed by atoms with Crippen LogP contribution in [0.2, 0.25) is 0 Å². The molecule has 65 heavy (non-hydrogen) atoms. The molecule has 0 N–H and O–H groups in total. The summed E-state index contributed by atoms with van der Waals surface area (Å²) >= 11 is 20.5. The summed E-state index contributed by atoms with van der Waals surface area (Å²) in [6.45, 7) is -2.35. The van der Waals surface area contributed by atoms with Gasteiger partial charge in [0.2, 0.25) is 0 Å². The number of alkyl halides is 6. The summed E-state index contributed by atoms with van der Waals surface area (Å²) < 4.78 is 41.4. The average Bonchev–Trinajstić information content (AvgIpc) is 3.30. The number of carbonyl (C=O) groups excluding carboxylic acids is 6. The van der Waals surface area contributed by atoms with E-state index in [0.717, 1.165) is 109 Å². The van der Waals surface area contributed by atoms with Gasteiger partial charge < -0.3 is 33.2 Å². The van der Waals surface area contributed by atoms with Crippen LogP contribution in [-0.2, 0) is 61.9 Å². The van der Waals surface area contributed by atoms with E-state index in [1.807, 2.05) is 0 Å². The number of hydrogen-bond donors (Lipinski definition) is 0. The second-order valence-corrected chi connectivity index (χ2v) is 21.2. The molecule has 0 fully saturated rings. The molecule has 0 aromatic heterocycles. The van der Waals surface area contributed by atoms with Crippen molar-refractivity contribution in [3.8, 4) is 0 Å². The molecule has 0 spiro atoms. The van der Waals surface area contributed by atoms with Crippen molar-refractivity contribution in [3.05, 3.63) is 0 Å². The molecule has 13 nitrogen and oxygen atoms in total. The van der Waals surface area contributed by atoms with E-state index in [1.165, 1.54) is 0 Å². The Morgan fingerprint density at radius 2 is 0.415 bits per heavy atom. The predicted molar refractivity (Wildman–Crippen MR) is 275 cm³/mol. The Hall–Kier alpha value is -0.340. The highest BCUT2D eigenvalue weighted by Gasteiger charge is 2.41. The van der Waals surface area contributed by atoms with Crippen LogP contribution in [-0.4, -0.2) is 121 Å². The third kappa shape index (κ3) is 38.1. The molecular formula is C46H76Br6O13. The van der Waals surface area contributed by atoms with Crippen LogP contribution in [0.4, 0.5) is 0 Å². The van der Waals surface area contributed by atoms with Gasteiger partial charge in [0.05, 0.1) is 24.0 Å². The highest BCUT2D eigenvalue weighted by molar-refractivity contribution is 9.10. The lowest BCUT2D eigenvalue weighted by molar-refractivity contribution is -0.175. The summed E-state index contributed by atoms with van der Waals surface area (Å²) in [6, 6.07) is 0. The Labute approximate surface area is 439 Å². The van der Waals surface area contributed by atoms with Gasteiger partial charge in [0.1, 0.15) is 39.6 Å². The molecule has 0 aliphatic heterocycles. The minimum Gasteiger partial charge on any atom is -0.465 e. The molecule has 0 atom stereocenters. The van der Waals surface area contributed by atoms with Crippen molar-refractivity contribution in [1.82, 2.24) is 0 Å². The van der Waals surface area contributed by atoms with E-state index in [1.54, 1.807) is 0 Å². The van der Waals surface area contributed by atoms with Crippen LogP contribution in [0.25, 0.3) is 0 Å². The van der Waals surface area contributed by atoms with Crippen LogP contribution in [0.3, 0.4) is 0 Å². The molecule has 0 rings (SSSR count). The summed E-state index contributed by atoms with van der Waals surface area (Å²) in [5.74, 6) is -2.78. The number of rotatable bonds is 46. The fourth-order valence-electron chi connectivity index (χ4n) is 6.06. The summed E-state index contributed by atoms with van der Waals surface area (Å²) in [5, 5.41) is 4.90. The Morgan fingerprint density at radius 1 is 0.246 bits per heavy atom. The lowest BCUT2D eigenvalue weighted by atomic mass is 9.90. The van der Waals surface area contributed by atoms with Crippen LogP contribution in [0.1, 0.15) is 154 Å². The number of esters is 6. The number of unbranched alkanes of at least 4 members (excludes halogenated alkanes) is 12. The van der Waals surface area contributed by atoms with Gasteiger partial charge in [0, 0.05) is 70.5 Å². The molecule has 0 aromatic carbocycles. The number of carbonyl (C=O) groups is 6. The van der Waals surface area contributed by atoms with Gasteiger partial charge in [0.25, 0.3) is 0 Å². The fourth-order valence-corrected chi connectivity index (χ4v) is 8.44. The smallest absolute Gasteiger partial charge is 0.305 e. The van der Waals surface area contributed by atoms with Gasteiger partial charge in [-0.1, -0.05) is 134 Å². The van der Waals surface area contributed by atoms with E-state index >= 15 is 0 Å². The lowest BCUT2D eigenvalue weighted by Gasteiger charge is -2.35. The first kappa shape index (κ1) is 64.7. The van der Waals surface area contributed by atoms with Gasteiger partial charge in [0.15, 0.2) is 0 Å². The first-order chi connectivity index (χ1) is 31.4. The maximum atomic E-state index is 13.1. The van der Waals surface area contributed by atoms with Gasteiger partial charge in [-0.25, -0.2) is 0 Å². The topological polar surface area (TPSA) is 167 Å². The molecule has 0 saturated carbocycles. The molecule has 380 valence electrons. The van der Waals surface area contributed by atoms with Crippen molar-refractivity contribution in [2.75, 3.05) is 84.8 Å². The summed E-state index contributed by atoms with van der Waals surface area (Å²) in [7, 11) is 0.